The van der Waals surface area contributed by atoms with Crippen LogP contribution >= 0.6 is 0 Å². The number of fused-ring (bicyclic) bond motifs is 9. The van der Waals surface area contributed by atoms with Gasteiger partial charge < -0.3 is 24.9 Å². The quantitative estimate of drug-likeness (QED) is 0.129. The van der Waals surface area contributed by atoms with E-state index in [1.165, 1.54) is 49.5 Å². The Balaban J connectivity index is 0.000000224. The SMILES string of the molecule is Cc1c[c-]c(-c2ccccn2)cc1.Cc1cccnc1-c1[c-]cccc1.Cc1ccnc(-c2[c-]cccc2)c1.[Ir].[Ir].[Ir].[Ir].[Ir].[Ir].[c-]1cccc2c1-c1ncccc1CC2.[c-]1cccc2c3ccccc3c3ccnn3c12.[c-]1ccccc1-c1ccccn1. The first kappa shape index (κ1) is 73.9. The maximum atomic E-state index is 4.43. The van der Waals surface area contributed by atoms with Gasteiger partial charge in [-0.25, -0.2) is 0 Å². The van der Waals surface area contributed by atoms with Gasteiger partial charge in [-0.15, -0.1) is 184 Å². The fraction of sp³-hybridized carbons (Fsp3) is 0.0667. The molecule has 6 radical (unpaired) electrons. The molecule has 0 aliphatic heterocycles. The third-order valence-electron chi connectivity index (χ3n) is 13.3. The van der Waals surface area contributed by atoms with Crippen molar-refractivity contribution in [1.29, 1.82) is 0 Å². The molecule has 452 valence electrons. The first-order chi connectivity index (χ1) is 40.5. The van der Waals surface area contributed by atoms with E-state index >= 15 is 0 Å². The molecule has 0 bridgehead atoms. The van der Waals surface area contributed by atoms with Gasteiger partial charge in [-0.3, -0.25) is 4.52 Å². The van der Waals surface area contributed by atoms with Crippen molar-refractivity contribution in [3.8, 4) is 56.3 Å². The van der Waals surface area contributed by atoms with Crippen molar-refractivity contribution in [2.45, 2.75) is 33.6 Å². The molecule has 0 spiro atoms. The van der Waals surface area contributed by atoms with Gasteiger partial charge in [-0.2, -0.15) is 29.4 Å². The number of hydrogen-bond donors (Lipinski definition) is 0. The van der Waals surface area contributed by atoms with Gasteiger partial charge in [0.2, 0.25) is 0 Å². The number of aryl methyl sites for hydroxylation is 5. The summed E-state index contributed by atoms with van der Waals surface area (Å²) in [6.07, 6.45) is 13.1. The Hall–Kier alpha value is -6.60. The molecule has 15 rings (SSSR count). The van der Waals surface area contributed by atoms with Crippen molar-refractivity contribution >= 4 is 27.2 Å². The molecule has 14 aromatic rings. The molecule has 0 atom stereocenters. The van der Waals surface area contributed by atoms with Crippen LogP contribution in [0.25, 0.3) is 83.5 Å². The summed E-state index contributed by atoms with van der Waals surface area (Å²) in [7, 11) is 0. The second-order valence-corrected chi connectivity index (χ2v) is 19.1. The van der Waals surface area contributed by atoms with Gasteiger partial charge in [0.05, 0.1) is 5.52 Å². The van der Waals surface area contributed by atoms with E-state index in [2.05, 4.69) is 148 Å². The molecule has 7 aromatic carbocycles. The normalized spacial score (nSPS) is 10.0. The van der Waals surface area contributed by atoms with Crippen LogP contribution in [0.15, 0.2) is 268 Å². The summed E-state index contributed by atoms with van der Waals surface area (Å²) in [5.41, 5.74) is 19.0. The summed E-state index contributed by atoms with van der Waals surface area (Å²) in [6.45, 7) is 6.18. The Morgan fingerprint density at radius 2 is 0.864 bits per heavy atom. The summed E-state index contributed by atoms with van der Waals surface area (Å²) in [5, 5.41) is 8.07. The summed E-state index contributed by atoms with van der Waals surface area (Å²) in [4.78, 5) is 21.5. The maximum Gasteiger partial charge on any atom is 0.0711 e. The summed E-state index contributed by atoms with van der Waals surface area (Å²) in [6, 6.07) is 95.5. The zero-order chi connectivity index (χ0) is 56.1. The van der Waals surface area contributed by atoms with Crippen LogP contribution in [0.5, 0.6) is 0 Å². The molecule has 7 nitrogen and oxygen atoms in total. The second-order valence-electron chi connectivity index (χ2n) is 19.1. The smallest absolute Gasteiger partial charge is 0.0711 e. The van der Waals surface area contributed by atoms with E-state index in [1.54, 1.807) is 12.4 Å². The molecule has 7 aromatic heterocycles. The molecule has 0 saturated heterocycles. The van der Waals surface area contributed by atoms with Crippen molar-refractivity contribution in [2.24, 2.45) is 0 Å². The third kappa shape index (κ3) is 20.2. The van der Waals surface area contributed by atoms with E-state index in [-0.39, 0.29) is 121 Å². The fourth-order valence-corrected chi connectivity index (χ4v) is 9.29. The number of rotatable bonds is 4. The largest absolute Gasteiger partial charge is 0.305 e. The van der Waals surface area contributed by atoms with E-state index in [0.29, 0.717) is 0 Å². The Labute approximate surface area is 597 Å². The van der Waals surface area contributed by atoms with Gasteiger partial charge in [0.15, 0.2) is 0 Å². The van der Waals surface area contributed by atoms with Crippen LogP contribution in [-0.4, -0.2) is 34.5 Å². The molecular weight excluding hydrogens is 2150 g/mol. The number of para-hydroxylation sites is 1. The average Bonchev–Trinajstić information content (AvgIpc) is 1.75. The monoisotopic (exact) mass is 2210 g/mol. The third-order valence-corrected chi connectivity index (χ3v) is 13.3. The Bertz CT molecular complexity index is 4110. The minimum atomic E-state index is 0. The van der Waals surface area contributed by atoms with Crippen LogP contribution in [0.3, 0.4) is 0 Å². The van der Waals surface area contributed by atoms with Crippen LogP contribution in [0.4, 0.5) is 0 Å². The molecule has 7 heterocycles. The van der Waals surface area contributed by atoms with Crippen LogP contribution in [0.2, 0.25) is 0 Å². The van der Waals surface area contributed by atoms with Gasteiger partial charge in [0.1, 0.15) is 0 Å². The number of aromatic nitrogens is 7. The average molecular weight is 2210 g/mol. The number of benzene rings is 7. The molecule has 0 unspecified atom stereocenters. The van der Waals surface area contributed by atoms with Crippen LogP contribution in [-0.2, 0) is 133 Å². The molecule has 88 heavy (non-hydrogen) atoms. The fourth-order valence-electron chi connectivity index (χ4n) is 9.29. The number of pyridine rings is 6. The standard InChI is InChI=1S/C15H9N2.C13H10N.3C12H10N.C11H8N.6Ir/c1-2-6-13-11(5-1)12-7-3-4-8-14(12)17-15(13)9-10-16-17;1-2-6-12-10(4-1)7-8-11-5-3-9-14-13(11)12;1-10-5-7-11(8-6-10)12-4-2-3-9-13-12;1-10-6-5-9-13-12(10)11-7-3-2-4-8-11;1-10-7-8-13-12(9-10)11-5-3-2-4-6-11;1-2-6-10(7-3-1)11-8-4-5-9-12-11;;;;;;/h1-7,9-10H;1-5,9H,7-8H2;2*2-7,9H,1H3;2-5,7-9H,1H3;1-6,8-9H;;;;;;/q6*-1;;;;;;. The molecule has 0 fully saturated rings. The van der Waals surface area contributed by atoms with E-state index in [9.17, 15) is 0 Å². The van der Waals surface area contributed by atoms with Gasteiger partial charge in [0.25, 0.3) is 0 Å². The second kappa shape index (κ2) is 38.7. The van der Waals surface area contributed by atoms with E-state index in [0.717, 1.165) is 74.6 Å². The zero-order valence-corrected chi connectivity index (χ0v) is 62.3. The molecule has 0 N–H and O–H groups in total. The van der Waals surface area contributed by atoms with Crippen molar-refractivity contribution in [3.05, 3.63) is 332 Å². The first-order valence-electron chi connectivity index (χ1n) is 27.1. The Kier molecular flexibility index (Phi) is 32.5. The minimum Gasteiger partial charge on any atom is -0.305 e. The van der Waals surface area contributed by atoms with Gasteiger partial charge in [-0.1, -0.05) is 102 Å². The van der Waals surface area contributed by atoms with Crippen molar-refractivity contribution < 1.29 is 121 Å². The van der Waals surface area contributed by atoms with Crippen molar-refractivity contribution in [3.63, 3.8) is 0 Å². The predicted octanol–water partition coefficient (Wildman–Crippen LogP) is 17.2. The topological polar surface area (TPSA) is 81.8 Å². The molecule has 1 aliphatic rings. The van der Waals surface area contributed by atoms with Crippen LogP contribution in [0, 0.1) is 57.2 Å². The Morgan fingerprint density at radius 1 is 0.341 bits per heavy atom. The van der Waals surface area contributed by atoms with Crippen LogP contribution in [0.1, 0.15) is 27.8 Å². The van der Waals surface area contributed by atoms with E-state index in [4.69, 9.17) is 0 Å². The van der Waals surface area contributed by atoms with Crippen LogP contribution < -0.4 is 0 Å². The number of hydrogen-bond acceptors (Lipinski definition) is 6. The molecule has 1 aliphatic carbocycles. The van der Waals surface area contributed by atoms with Crippen molar-refractivity contribution in [1.82, 2.24) is 34.5 Å². The van der Waals surface area contributed by atoms with E-state index < -0.39 is 0 Å². The van der Waals surface area contributed by atoms with Crippen molar-refractivity contribution in [2.75, 3.05) is 0 Å². The Morgan fingerprint density at radius 3 is 1.48 bits per heavy atom. The predicted molar refractivity (Wildman–Crippen MR) is 333 cm³/mol. The minimum absolute atomic E-state index is 0. The summed E-state index contributed by atoms with van der Waals surface area (Å²) in [5.74, 6) is 0. The first-order valence-corrected chi connectivity index (χ1v) is 27.1. The number of nitrogens with zero attached hydrogens (tertiary/aromatic N) is 7. The summed E-state index contributed by atoms with van der Waals surface area (Å²) >= 11 is 0. The summed E-state index contributed by atoms with van der Waals surface area (Å²) < 4.78 is 1.96. The van der Waals surface area contributed by atoms with Gasteiger partial charge >= 0.3 is 0 Å². The molecule has 13 heteroatoms. The molecule has 0 saturated carbocycles. The van der Waals surface area contributed by atoms with Gasteiger partial charge in [0, 0.05) is 158 Å². The molecular formula is C75H57Ir6N7-6. The zero-order valence-electron chi connectivity index (χ0n) is 47.9. The maximum absolute atomic E-state index is 4.43. The molecule has 0 amide bonds. The van der Waals surface area contributed by atoms with Gasteiger partial charge in [-0.05, 0) is 96.0 Å². The van der Waals surface area contributed by atoms with E-state index in [1.807, 2.05) is 199 Å².